The lowest BCUT2D eigenvalue weighted by molar-refractivity contribution is -0.121. The van der Waals surface area contributed by atoms with Gasteiger partial charge in [-0.25, -0.2) is 4.98 Å². The van der Waals surface area contributed by atoms with E-state index in [4.69, 9.17) is 0 Å². The van der Waals surface area contributed by atoms with E-state index in [1.807, 2.05) is 28.8 Å². The zero-order chi connectivity index (χ0) is 16.1. The normalized spacial score (nSPS) is 10.9. The van der Waals surface area contributed by atoms with Gasteiger partial charge in [0.2, 0.25) is 11.8 Å². The molecule has 0 unspecified atom stereocenters. The van der Waals surface area contributed by atoms with E-state index in [1.54, 1.807) is 0 Å². The molecule has 6 heteroatoms. The van der Waals surface area contributed by atoms with Crippen molar-refractivity contribution >= 4 is 22.8 Å². The van der Waals surface area contributed by atoms with Crippen LogP contribution in [0.5, 0.6) is 0 Å². The molecule has 1 heterocycles. The lowest BCUT2D eigenvalue weighted by Crippen LogP contribution is -2.31. The standard InChI is InChI=1S/C16H22N4O2/c1-11(2)8-18-16(22)10-20-14-7-5-4-6-13(14)19-15(20)9-17-12(3)21/h4-7,11H,8-10H2,1-3H3,(H,17,21)(H,18,22). The molecule has 2 rings (SSSR count). The Balaban J connectivity index is 2.22. The summed E-state index contributed by atoms with van der Waals surface area (Å²) in [6.45, 7) is 6.71. The number of imidazole rings is 1. The smallest absolute Gasteiger partial charge is 0.240 e. The van der Waals surface area contributed by atoms with Crippen LogP contribution in [0.15, 0.2) is 24.3 Å². The van der Waals surface area contributed by atoms with Crippen molar-refractivity contribution in [1.29, 1.82) is 0 Å². The summed E-state index contributed by atoms with van der Waals surface area (Å²) in [5, 5.41) is 5.63. The summed E-state index contributed by atoms with van der Waals surface area (Å²) in [6.07, 6.45) is 0. The summed E-state index contributed by atoms with van der Waals surface area (Å²) in [4.78, 5) is 27.7. The molecule has 118 valence electrons. The van der Waals surface area contributed by atoms with Gasteiger partial charge in [0.25, 0.3) is 0 Å². The fourth-order valence-corrected chi connectivity index (χ4v) is 2.16. The minimum absolute atomic E-state index is 0.0547. The molecule has 0 spiro atoms. The molecule has 0 aliphatic carbocycles. The van der Waals surface area contributed by atoms with Gasteiger partial charge in [0, 0.05) is 13.5 Å². The van der Waals surface area contributed by atoms with E-state index in [9.17, 15) is 9.59 Å². The topological polar surface area (TPSA) is 76.0 Å². The first kappa shape index (κ1) is 16.0. The second-order valence-corrected chi connectivity index (χ2v) is 5.71. The maximum absolute atomic E-state index is 12.1. The number of nitrogens with zero attached hydrogens (tertiary/aromatic N) is 2. The molecule has 1 aromatic carbocycles. The molecule has 0 atom stereocenters. The van der Waals surface area contributed by atoms with Gasteiger partial charge >= 0.3 is 0 Å². The van der Waals surface area contributed by atoms with E-state index < -0.39 is 0 Å². The molecule has 0 saturated heterocycles. The molecule has 2 aromatic rings. The predicted molar refractivity (Wildman–Crippen MR) is 85.1 cm³/mol. The zero-order valence-electron chi connectivity index (χ0n) is 13.2. The molecular formula is C16H22N4O2. The fourth-order valence-electron chi connectivity index (χ4n) is 2.16. The summed E-state index contributed by atoms with van der Waals surface area (Å²) in [5.74, 6) is 0.905. The van der Waals surface area contributed by atoms with Crippen LogP contribution in [-0.4, -0.2) is 27.9 Å². The van der Waals surface area contributed by atoms with Gasteiger partial charge in [0.1, 0.15) is 12.4 Å². The van der Waals surface area contributed by atoms with Gasteiger partial charge < -0.3 is 15.2 Å². The van der Waals surface area contributed by atoms with E-state index >= 15 is 0 Å². The molecule has 0 saturated carbocycles. The average Bonchev–Trinajstić information content (AvgIpc) is 2.81. The minimum atomic E-state index is -0.122. The predicted octanol–water partition coefficient (Wildman–Crippen LogP) is 1.44. The van der Waals surface area contributed by atoms with E-state index in [1.165, 1.54) is 6.92 Å². The second-order valence-electron chi connectivity index (χ2n) is 5.71. The molecule has 2 N–H and O–H groups in total. The second kappa shape index (κ2) is 7.06. The van der Waals surface area contributed by atoms with E-state index in [2.05, 4.69) is 29.5 Å². The largest absolute Gasteiger partial charge is 0.354 e. The Hall–Kier alpha value is -2.37. The first-order chi connectivity index (χ1) is 10.5. The lowest BCUT2D eigenvalue weighted by atomic mass is 10.2. The highest BCUT2D eigenvalue weighted by Gasteiger charge is 2.13. The number of hydrogen-bond acceptors (Lipinski definition) is 3. The van der Waals surface area contributed by atoms with Crippen LogP contribution in [0.3, 0.4) is 0 Å². The number of fused-ring (bicyclic) bond motifs is 1. The van der Waals surface area contributed by atoms with Crippen LogP contribution in [0.25, 0.3) is 11.0 Å². The highest BCUT2D eigenvalue weighted by molar-refractivity contribution is 5.81. The molecule has 22 heavy (non-hydrogen) atoms. The maximum atomic E-state index is 12.1. The third kappa shape index (κ3) is 4.07. The summed E-state index contributed by atoms with van der Waals surface area (Å²) in [6, 6.07) is 7.64. The minimum Gasteiger partial charge on any atom is -0.354 e. The number of nitrogens with one attached hydrogen (secondary N) is 2. The number of rotatable bonds is 6. The molecule has 6 nitrogen and oxygen atoms in total. The van der Waals surface area contributed by atoms with Gasteiger partial charge in [-0.15, -0.1) is 0 Å². The molecule has 0 aliphatic rings. The monoisotopic (exact) mass is 302 g/mol. The number of aromatic nitrogens is 2. The van der Waals surface area contributed by atoms with Crippen molar-refractivity contribution in [2.24, 2.45) is 5.92 Å². The van der Waals surface area contributed by atoms with Gasteiger partial charge in [-0.2, -0.15) is 0 Å². The van der Waals surface area contributed by atoms with Crippen LogP contribution in [0, 0.1) is 5.92 Å². The lowest BCUT2D eigenvalue weighted by Gasteiger charge is -2.11. The fraction of sp³-hybridized carbons (Fsp3) is 0.438. The Morgan fingerprint density at radius 2 is 1.95 bits per heavy atom. The molecule has 0 bridgehead atoms. The van der Waals surface area contributed by atoms with Gasteiger partial charge in [-0.05, 0) is 18.1 Å². The SMILES string of the molecule is CC(=O)NCc1nc2ccccc2n1CC(=O)NCC(C)C. The molecule has 1 aromatic heterocycles. The first-order valence-electron chi connectivity index (χ1n) is 7.42. The number of para-hydroxylation sites is 2. The molecule has 2 amide bonds. The Morgan fingerprint density at radius 1 is 1.23 bits per heavy atom. The van der Waals surface area contributed by atoms with Crippen LogP contribution in [0.1, 0.15) is 26.6 Å². The number of hydrogen-bond donors (Lipinski definition) is 2. The van der Waals surface area contributed by atoms with Crippen LogP contribution >= 0.6 is 0 Å². The van der Waals surface area contributed by atoms with Crippen molar-refractivity contribution < 1.29 is 9.59 Å². The Kier molecular flexibility index (Phi) is 5.14. The van der Waals surface area contributed by atoms with Crippen molar-refractivity contribution in [2.75, 3.05) is 6.54 Å². The summed E-state index contributed by atoms with van der Waals surface area (Å²) < 4.78 is 1.85. The quantitative estimate of drug-likeness (QED) is 0.848. The van der Waals surface area contributed by atoms with E-state index in [-0.39, 0.29) is 18.4 Å². The first-order valence-corrected chi connectivity index (χ1v) is 7.42. The van der Waals surface area contributed by atoms with Crippen molar-refractivity contribution in [3.05, 3.63) is 30.1 Å². The highest BCUT2D eigenvalue weighted by atomic mass is 16.2. The average molecular weight is 302 g/mol. The van der Waals surface area contributed by atoms with E-state index in [0.29, 0.717) is 24.8 Å². The van der Waals surface area contributed by atoms with Crippen molar-refractivity contribution in [1.82, 2.24) is 20.2 Å². The van der Waals surface area contributed by atoms with Crippen molar-refractivity contribution in [3.63, 3.8) is 0 Å². The van der Waals surface area contributed by atoms with Crippen LogP contribution in [0.4, 0.5) is 0 Å². The zero-order valence-corrected chi connectivity index (χ0v) is 13.2. The van der Waals surface area contributed by atoms with E-state index in [0.717, 1.165) is 11.0 Å². The summed E-state index contributed by atoms with van der Waals surface area (Å²) in [7, 11) is 0. The third-order valence-corrected chi connectivity index (χ3v) is 3.24. The number of benzene rings is 1. The number of carbonyl (C=O) groups excluding carboxylic acids is 2. The Morgan fingerprint density at radius 3 is 2.64 bits per heavy atom. The highest BCUT2D eigenvalue weighted by Crippen LogP contribution is 2.15. The van der Waals surface area contributed by atoms with Crippen molar-refractivity contribution in [3.8, 4) is 0 Å². The maximum Gasteiger partial charge on any atom is 0.240 e. The molecule has 0 radical (unpaired) electrons. The Bertz CT molecular complexity index is 676. The molecular weight excluding hydrogens is 280 g/mol. The Labute approximate surface area is 129 Å². The molecule has 0 fully saturated rings. The van der Waals surface area contributed by atoms with Gasteiger partial charge in [0.05, 0.1) is 17.6 Å². The van der Waals surface area contributed by atoms with Gasteiger partial charge in [-0.1, -0.05) is 26.0 Å². The summed E-state index contributed by atoms with van der Waals surface area (Å²) in [5.41, 5.74) is 1.71. The van der Waals surface area contributed by atoms with Gasteiger partial charge in [-0.3, -0.25) is 9.59 Å². The molecule has 0 aliphatic heterocycles. The van der Waals surface area contributed by atoms with Crippen LogP contribution in [-0.2, 0) is 22.7 Å². The third-order valence-electron chi connectivity index (χ3n) is 3.24. The van der Waals surface area contributed by atoms with Crippen LogP contribution < -0.4 is 10.6 Å². The number of carbonyl (C=O) groups is 2. The van der Waals surface area contributed by atoms with Crippen LogP contribution in [0.2, 0.25) is 0 Å². The number of amides is 2. The summed E-state index contributed by atoms with van der Waals surface area (Å²) >= 11 is 0. The van der Waals surface area contributed by atoms with Crippen molar-refractivity contribution in [2.45, 2.75) is 33.9 Å². The van der Waals surface area contributed by atoms with Gasteiger partial charge in [0.15, 0.2) is 0 Å².